The monoisotopic (exact) mass is 321 g/mol. The summed E-state index contributed by atoms with van der Waals surface area (Å²) in [5.74, 6) is -1.92. The Morgan fingerprint density at radius 1 is 1.04 bits per heavy atom. The van der Waals surface area contributed by atoms with Crippen LogP contribution >= 0.6 is 0 Å². The molecule has 2 atom stereocenters. The van der Waals surface area contributed by atoms with Crippen molar-refractivity contribution < 1.29 is 19.2 Å². The number of carbonyl (C=O) groups is 3. The quantitative estimate of drug-likeness (QED) is 0.816. The minimum atomic E-state index is -0.586. The minimum absolute atomic E-state index is 0.0904. The van der Waals surface area contributed by atoms with Crippen LogP contribution < -0.4 is 0 Å². The zero-order valence-corrected chi connectivity index (χ0v) is 13.1. The van der Waals surface area contributed by atoms with Crippen LogP contribution in [0.4, 0.5) is 0 Å². The Kier molecular flexibility index (Phi) is 3.23. The smallest absolute Gasteiger partial charge is 0.329 e. The van der Waals surface area contributed by atoms with Gasteiger partial charge >= 0.3 is 5.97 Å². The zero-order valence-electron chi connectivity index (χ0n) is 13.1. The number of rotatable bonds is 3. The molecule has 2 aliphatic rings. The van der Waals surface area contributed by atoms with E-state index in [0.717, 1.165) is 11.1 Å². The average molecular weight is 321 g/mol. The fraction of sp³-hybridized carbons (Fsp3) is 0.211. The van der Waals surface area contributed by atoms with Crippen LogP contribution in [-0.2, 0) is 9.63 Å². The molecule has 4 rings (SSSR count). The van der Waals surface area contributed by atoms with Crippen molar-refractivity contribution in [3.8, 4) is 0 Å². The van der Waals surface area contributed by atoms with E-state index in [9.17, 15) is 14.4 Å². The summed E-state index contributed by atoms with van der Waals surface area (Å²) in [6.45, 7) is 2.00. The van der Waals surface area contributed by atoms with E-state index in [1.165, 1.54) is 0 Å². The Bertz CT molecular complexity index is 838. The molecule has 0 N–H and O–H groups in total. The van der Waals surface area contributed by atoms with E-state index in [1.807, 2.05) is 31.2 Å². The molecule has 0 unspecified atom stereocenters. The molecule has 1 aliphatic heterocycles. The third kappa shape index (κ3) is 2.29. The summed E-state index contributed by atoms with van der Waals surface area (Å²) in [6, 6.07) is 14.4. The molecule has 0 aromatic heterocycles. The molecule has 2 aromatic rings. The number of fused-ring (bicyclic) bond motifs is 1. The molecule has 5 nitrogen and oxygen atoms in total. The van der Waals surface area contributed by atoms with E-state index >= 15 is 0 Å². The van der Waals surface area contributed by atoms with E-state index in [1.54, 1.807) is 24.3 Å². The normalized spacial score (nSPS) is 21.6. The maximum atomic E-state index is 12.3. The largest absolute Gasteiger partial charge is 0.336 e. The Labute approximate surface area is 138 Å². The van der Waals surface area contributed by atoms with Crippen LogP contribution in [0.5, 0.6) is 0 Å². The van der Waals surface area contributed by atoms with Gasteiger partial charge in [-0.1, -0.05) is 47.0 Å². The van der Waals surface area contributed by atoms with Gasteiger partial charge in [0.25, 0.3) is 11.8 Å². The zero-order chi connectivity index (χ0) is 16.8. The topological polar surface area (TPSA) is 63.7 Å². The van der Waals surface area contributed by atoms with Gasteiger partial charge in [-0.25, -0.2) is 4.79 Å². The number of carbonyl (C=O) groups excluding carboxylic acids is 3. The van der Waals surface area contributed by atoms with E-state index in [0.29, 0.717) is 11.5 Å². The van der Waals surface area contributed by atoms with Crippen LogP contribution in [0.1, 0.15) is 44.2 Å². The molecule has 0 radical (unpaired) electrons. The highest BCUT2D eigenvalue weighted by molar-refractivity contribution is 6.20. The number of hydrogen-bond donors (Lipinski definition) is 0. The van der Waals surface area contributed by atoms with Crippen molar-refractivity contribution in [2.24, 2.45) is 5.92 Å². The highest BCUT2D eigenvalue weighted by Crippen LogP contribution is 2.48. The predicted molar refractivity (Wildman–Crippen MR) is 85.1 cm³/mol. The maximum Gasteiger partial charge on any atom is 0.336 e. The average Bonchev–Trinajstić information content (AvgIpc) is 3.35. The first-order valence-electron chi connectivity index (χ1n) is 7.82. The van der Waals surface area contributed by atoms with Crippen molar-refractivity contribution in [1.82, 2.24) is 5.06 Å². The van der Waals surface area contributed by atoms with Crippen LogP contribution in [0.15, 0.2) is 48.5 Å². The SMILES string of the molecule is Cc1cccc([C@@H]2C[C@H]2C(=O)ON2C(=O)c3ccccc3C2=O)c1. The van der Waals surface area contributed by atoms with Crippen LogP contribution in [0.25, 0.3) is 0 Å². The van der Waals surface area contributed by atoms with Crippen molar-refractivity contribution in [3.63, 3.8) is 0 Å². The van der Waals surface area contributed by atoms with Gasteiger partial charge in [-0.15, -0.1) is 0 Å². The number of amides is 2. The van der Waals surface area contributed by atoms with Gasteiger partial charge in [0.15, 0.2) is 0 Å². The Morgan fingerprint density at radius 2 is 1.71 bits per heavy atom. The second kappa shape index (κ2) is 5.30. The van der Waals surface area contributed by atoms with Crippen molar-refractivity contribution in [1.29, 1.82) is 0 Å². The molecule has 5 heteroatoms. The molecule has 1 aliphatic carbocycles. The van der Waals surface area contributed by atoms with Gasteiger partial charge in [0, 0.05) is 0 Å². The number of imide groups is 1. The van der Waals surface area contributed by atoms with Crippen LogP contribution in [0.2, 0.25) is 0 Å². The Hall–Kier alpha value is -2.95. The second-order valence-corrected chi connectivity index (χ2v) is 6.22. The van der Waals surface area contributed by atoms with Gasteiger partial charge < -0.3 is 4.84 Å². The lowest BCUT2D eigenvalue weighted by molar-refractivity contribution is -0.170. The molecule has 1 heterocycles. The van der Waals surface area contributed by atoms with Gasteiger partial charge in [-0.2, -0.15) is 0 Å². The van der Waals surface area contributed by atoms with Gasteiger partial charge in [0.2, 0.25) is 0 Å². The first-order valence-corrected chi connectivity index (χ1v) is 7.82. The summed E-state index contributed by atoms with van der Waals surface area (Å²) >= 11 is 0. The molecule has 2 aromatic carbocycles. The maximum absolute atomic E-state index is 12.3. The van der Waals surface area contributed by atoms with Crippen molar-refractivity contribution in [3.05, 3.63) is 70.8 Å². The fourth-order valence-electron chi connectivity index (χ4n) is 3.13. The molecule has 0 bridgehead atoms. The standard InChI is InChI=1S/C19H15NO4/c1-11-5-4-6-12(9-11)15-10-16(15)19(23)24-20-17(21)13-7-2-3-8-14(13)18(20)22/h2-9,15-16H,10H2,1H3/t15-,16+/m0/s1. The highest BCUT2D eigenvalue weighted by atomic mass is 16.7. The number of benzene rings is 2. The molecule has 2 amide bonds. The van der Waals surface area contributed by atoms with Gasteiger partial charge in [0.1, 0.15) is 0 Å². The lowest BCUT2D eigenvalue weighted by atomic mass is 10.1. The summed E-state index contributed by atoms with van der Waals surface area (Å²) in [6.07, 6.45) is 0.672. The summed E-state index contributed by atoms with van der Waals surface area (Å²) in [4.78, 5) is 41.8. The molecule has 0 saturated heterocycles. The van der Waals surface area contributed by atoms with Crippen LogP contribution in [-0.4, -0.2) is 22.8 Å². The molecular formula is C19H15NO4. The first kappa shape index (κ1) is 14.6. The van der Waals surface area contributed by atoms with Crippen LogP contribution in [0, 0.1) is 12.8 Å². The van der Waals surface area contributed by atoms with E-state index in [4.69, 9.17) is 4.84 Å². The van der Waals surface area contributed by atoms with Gasteiger partial charge in [0.05, 0.1) is 17.0 Å². The lowest BCUT2D eigenvalue weighted by Gasteiger charge is -2.12. The lowest BCUT2D eigenvalue weighted by Crippen LogP contribution is -2.33. The molecule has 120 valence electrons. The minimum Gasteiger partial charge on any atom is -0.329 e. The van der Waals surface area contributed by atoms with Gasteiger partial charge in [-0.3, -0.25) is 9.59 Å². The summed E-state index contributed by atoms with van der Waals surface area (Å²) < 4.78 is 0. The third-order valence-corrected chi connectivity index (χ3v) is 4.50. The molecule has 1 fully saturated rings. The first-order chi connectivity index (χ1) is 11.6. The Morgan fingerprint density at radius 3 is 2.33 bits per heavy atom. The number of nitrogens with zero attached hydrogens (tertiary/aromatic N) is 1. The molecule has 24 heavy (non-hydrogen) atoms. The van der Waals surface area contributed by atoms with Crippen molar-refractivity contribution in [2.45, 2.75) is 19.3 Å². The second-order valence-electron chi connectivity index (χ2n) is 6.22. The number of aryl methyl sites for hydroxylation is 1. The van der Waals surface area contributed by atoms with Crippen LogP contribution in [0.3, 0.4) is 0 Å². The fourth-order valence-corrected chi connectivity index (χ4v) is 3.13. The van der Waals surface area contributed by atoms with Crippen molar-refractivity contribution in [2.75, 3.05) is 0 Å². The predicted octanol–water partition coefficient (Wildman–Crippen LogP) is 2.85. The van der Waals surface area contributed by atoms with E-state index < -0.39 is 17.8 Å². The molecule has 1 saturated carbocycles. The molecule has 0 spiro atoms. The number of hydroxylamine groups is 2. The summed E-state index contributed by atoms with van der Waals surface area (Å²) in [7, 11) is 0. The Balaban J connectivity index is 1.47. The van der Waals surface area contributed by atoms with Crippen molar-refractivity contribution >= 4 is 17.8 Å². The molecular weight excluding hydrogens is 306 g/mol. The van der Waals surface area contributed by atoms with Gasteiger partial charge in [-0.05, 0) is 37.0 Å². The summed E-state index contributed by atoms with van der Waals surface area (Å²) in [5.41, 5.74) is 2.74. The highest BCUT2D eigenvalue weighted by Gasteiger charge is 2.48. The third-order valence-electron chi connectivity index (χ3n) is 4.50. The summed E-state index contributed by atoms with van der Waals surface area (Å²) in [5, 5.41) is 0.582. The van der Waals surface area contributed by atoms with E-state index in [-0.39, 0.29) is 23.0 Å². The van der Waals surface area contributed by atoms with E-state index in [2.05, 4.69) is 0 Å². The number of hydrogen-bond acceptors (Lipinski definition) is 4.